The first-order valence-electron chi connectivity index (χ1n) is 6.16. The van der Waals surface area contributed by atoms with E-state index in [-0.39, 0.29) is 0 Å². The minimum absolute atomic E-state index is 0.515. The van der Waals surface area contributed by atoms with Crippen LogP contribution in [0.3, 0.4) is 0 Å². The predicted molar refractivity (Wildman–Crippen MR) is 74.5 cm³/mol. The Labute approximate surface area is 117 Å². The fourth-order valence-corrected chi connectivity index (χ4v) is 2.03. The zero-order valence-corrected chi connectivity index (χ0v) is 11.8. The number of nitrogens with zero attached hydrogens (tertiary/aromatic N) is 2. The molecular formula is C14H17ClN2O2. The van der Waals surface area contributed by atoms with Gasteiger partial charge in [0.1, 0.15) is 18.2 Å². The van der Waals surface area contributed by atoms with Crippen LogP contribution in [-0.4, -0.2) is 21.3 Å². The summed E-state index contributed by atoms with van der Waals surface area (Å²) in [5.74, 6) is 1.59. The van der Waals surface area contributed by atoms with Crippen LogP contribution in [0.1, 0.15) is 24.4 Å². The normalized spacial score (nSPS) is 12.4. The van der Waals surface area contributed by atoms with Crippen molar-refractivity contribution in [3.8, 4) is 5.75 Å². The van der Waals surface area contributed by atoms with Crippen molar-refractivity contribution in [3.63, 3.8) is 0 Å². The van der Waals surface area contributed by atoms with Crippen molar-refractivity contribution >= 4 is 11.6 Å². The molecule has 0 radical (unpaired) electrons. The Morgan fingerprint density at radius 3 is 2.84 bits per heavy atom. The minimum atomic E-state index is -0.528. The molecule has 0 aliphatic carbocycles. The van der Waals surface area contributed by atoms with Crippen LogP contribution in [0.4, 0.5) is 0 Å². The standard InChI is InChI=1S/C14H17ClN2O2/c1-10(18)12-3-4-14(13(15)9-12)19-8-7-17-6-5-16-11(17)2/h3-6,9-10,18H,7-8H2,1-2H3. The second-order valence-electron chi connectivity index (χ2n) is 4.38. The molecule has 102 valence electrons. The summed E-state index contributed by atoms with van der Waals surface area (Å²) in [6.45, 7) is 4.89. The van der Waals surface area contributed by atoms with E-state index in [1.165, 1.54) is 0 Å². The van der Waals surface area contributed by atoms with Crippen molar-refractivity contribution in [1.82, 2.24) is 9.55 Å². The van der Waals surface area contributed by atoms with Gasteiger partial charge >= 0.3 is 0 Å². The molecule has 0 amide bonds. The Bertz CT molecular complexity index is 552. The van der Waals surface area contributed by atoms with Crippen LogP contribution < -0.4 is 4.74 Å². The third-order valence-electron chi connectivity index (χ3n) is 2.95. The Balaban J connectivity index is 1.95. The number of halogens is 1. The number of hydrogen-bond donors (Lipinski definition) is 1. The van der Waals surface area contributed by atoms with Crippen molar-refractivity contribution in [3.05, 3.63) is 47.0 Å². The first-order valence-corrected chi connectivity index (χ1v) is 6.54. The molecule has 0 aliphatic rings. The summed E-state index contributed by atoms with van der Waals surface area (Å²) >= 11 is 6.11. The number of rotatable bonds is 5. The number of ether oxygens (including phenoxy) is 1. The van der Waals surface area contributed by atoms with Crippen molar-refractivity contribution < 1.29 is 9.84 Å². The first kappa shape index (κ1) is 13.9. The summed E-state index contributed by atoms with van der Waals surface area (Å²) in [5.41, 5.74) is 0.780. The third kappa shape index (κ3) is 3.49. The summed E-state index contributed by atoms with van der Waals surface area (Å²) in [5, 5.41) is 9.98. The molecule has 0 spiro atoms. The van der Waals surface area contributed by atoms with Crippen LogP contribution >= 0.6 is 11.6 Å². The fourth-order valence-electron chi connectivity index (χ4n) is 1.79. The van der Waals surface area contributed by atoms with E-state index in [4.69, 9.17) is 16.3 Å². The number of hydrogen-bond acceptors (Lipinski definition) is 3. The van der Waals surface area contributed by atoms with E-state index in [1.54, 1.807) is 25.3 Å². The number of aliphatic hydroxyl groups is 1. The second-order valence-corrected chi connectivity index (χ2v) is 4.79. The maximum atomic E-state index is 9.46. The Morgan fingerprint density at radius 2 is 2.26 bits per heavy atom. The van der Waals surface area contributed by atoms with Crippen LogP contribution in [0.2, 0.25) is 5.02 Å². The molecular weight excluding hydrogens is 264 g/mol. The van der Waals surface area contributed by atoms with Crippen LogP contribution in [0, 0.1) is 6.92 Å². The topological polar surface area (TPSA) is 47.3 Å². The van der Waals surface area contributed by atoms with Crippen LogP contribution in [0.25, 0.3) is 0 Å². The summed E-state index contributed by atoms with van der Waals surface area (Å²) in [6, 6.07) is 5.32. The molecule has 0 saturated heterocycles. The van der Waals surface area contributed by atoms with Gasteiger partial charge < -0.3 is 14.4 Å². The molecule has 19 heavy (non-hydrogen) atoms. The Hall–Kier alpha value is -1.52. The molecule has 5 heteroatoms. The lowest BCUT2D eigenvalue weighted by molar-refractivity contribution is 0.199. The van der Waals surface area contributed by atoms with Crippen LogP contribution in [-0.2, 0) is 6.54 Å². The van der Waals surface area contributed by atoms with Crippen molar-refractivity contribution in [2.24, 2.45) is 0 Å². The van der Waals surface area contributed by atoms with Gasteiger partial charge in [0.25, 0.3) is 0 Å². The van der Waals surface area contributed by atoms with Crippen molar-refractivity contribution in [1.29, 1.82) is 0 Å². The molecule has 0 fully saturated rings. The van der Waals surface area contributed by atoms with E-state index in [0.717, 1.165) is 17.9 Å². The highest BCUT2D eigenvalue weighted by atomic mass is 35.5. The van der Waals surface area contributed by atoms with Gasteiger partial charge in [0.05, 0.1) is 17.7 Å². The monoisotopic (exact) mass is 280 g/mol. The number of benzene rings is 1. The van der Waals surface area contributed by atoms with Gasteiger partial charge in [0, 0.05) is 12.4 Å². The van der Waals surface area contributed by atoms with E-state index in [1.807, 2.05) is 23.8 Å². The van der Waals surface area contributed by atoms with Gasteiger partial charge in [-0.1, -0.05) is 17.7 Å². The molecule has 2 aromatic rings. The molecule has 1 heterocycles. The van der Waals surface area contributed by atoms with E-state index >= 15 is 0 Å². The molecule has 4 nitrogen and oxygen atoms in total. The molecule has 1 aromatic heterocycles. The van der Waals surface area contributed by atoms with Gasteiger partial charge in [0.2, 0.25) is 0 Å². The van der Waals surface area contributed by atoms with Gasteiger partial charge in [-0.15, -0.1) is 0 Å². The molecule has 1 N–H and O–H groups in total. The number of imidazole rings is 1. The summed E-state index contributed by atoms with van der Waals surface area (Å²) in [4.78, 5) is 4.14. The molecule has 1 atom stereocenters. The average Bonchev–Trinajstić information content (AvgIpc) is 2.77. The summed E-state index contributed by atoms with van der Waals surface area (Å²) in [6.07, 6.45) is 3.15. The molecule has 1 aromatic carbocycles. The van der Waals surface area contributed by atoms with E-state index < -0.39 is 6.10 Å². The minimum Gasteiger partial charge on any atom is -0.490 e. The molecule has 0 aliphatic heterocycles. The molecule has 0 saturated carbocycles. The van der Waals surface area contributed by atoms with Crippen molar-refractivity contribution in [2.75, 3.05) is 6.61 Å². The maximum absolute atomic E-state index is 9.46. The largest absolute Gasteiger partial charge is 0.490 e. The molecule has 0 bridgehead atoms. The van der Waals surface area contributed by atoms with Gasteiger partial charge in [-0.3, -0.25) is 0 Å². The van der Waals surface area contributed by atoms with Gasteiger partial charge in [0.15, 0.2) is 0 Å². The highest BCUT2D eigenvalue weighted by Gasteiger charge is 2.06. The van der Waals surface area contributed by atoms with E-state index in [0.29, 0.717) is 17.4 Å². The van der Waals surface area contributed by atoms with Gasteiger partial charge in [-0.05, 0) is 31.5 Å². The van der Waals surface area contributed by atoms with Crippen molar-refractivity contribution in [2.45, 2.75) is 26.5 Å². The molecule has 2 rings (SSSR count). The van der Waals surface area contributed by atoms with E-state index in [9.17, 15) is 5.11 Å². The SMILES string of the molecule is Cc1nccn1CCOc1ccc(C(C)O)cc1Cl. The fraction of sp³-hybridized carbons (Fsp3) is 0.357. The van der Waals surface area contributed by atoms with Crippen LogP contribution in [0.15, 0.2) is 30.6 Å². The predicted octanol–water partition coefficient (Wildman–Crippen LogP) is 2.98. The number of aliphatic hydroxyl groups excluding tert-OH is 1. The summed E-state index contributed by atoms with van der Waals surface area (Å²) in [7, 11) is 0. The van der Waals surface area contributed by atoms with Gasteiger partial charge in [-0.2, -0.15) is 0 Å². The maximum Gasteiger partial charge on any atom is 0.138 e. The highest BCUT2D eigenvalue weighted by molar-refractivity contribution is 6.32. The second kappa shape index (κ2) is 6.08. The smallest absolute Gasteiger partial charge is 0.138 e. The first-order chi connectivity index (χ1) is 9.08. The quantitative estimate of drug-likeness (QED) is 0.916. The Kier molecular flexibility index (Phi) is 4.45. The van der Waals surface area contributed by atoms with E-state index in [2.05, 4.69) is 4.98 Å². The van der Waals surface area contributed by atoms with Gasteiger partial charge in [-0.25, -0.2) is 4.98 Å². The lowest BCUT2D eigenvalue weighted by atomic mass is 10.1. The summed E-state index contributed by atoms with van der Waals surface area (Å²) < 4.78 is 7.65. The zero-order chi connectivity index (χ0) is 13.8. The number of aromatic nitrogens is 2. The average molecular weight is 281 g/mol. The molecule has 1 unspecified atom stereocenters. The number of aryl methyl sites for hydroxylation is 1. The third-order valence-corrected chi connectivity index (χ3v) is 3.25. The van der Waals surface area contributed by atoms with Crippen LogP contribution in [0.5, 0.6) is 5.75 Å². The lowest BCUT2D eigenvalue weighted by Gasteiger charge is -2.11. The lowest BCUT2D eigenvalue weighted by Crippen LogP contribution is -2.09. The Morgan fingerprint density at radius 1 is 1.47 bits per heavy atom. The highest BCUT2D eigenvalue weighted by Crippen LogP contribution is 2.27. The zero-order valence-electron chi connectivity index (χ0n) is 11.0.